The summed E-state index contributed by atoms with van der Waals surface area (Å²) in [6.07, 6.45) is 1.03. The standard InChI is InChI=1S/C15H28N2O3/c1-11(2)12-6-8-16(10-12)14(20)17(15(3,4)5)9-7-13(18)19/h11-12H,6-10H2,1-5H3,(H,18,19). The maximum Gasteiger partial charge on any atom is 0.320 e. The van der Waals surface area contributed by atoms with Gasteiger partial charge < -0.3 is 14.9 Å². The topological polar surface area (TPSA) is 60.9 Å². The molecule has 1 unspecified atom stereocenters. The zero-order valence-corrected chi connectivity index (χ0v) is 13.3. The molecular weight excluding hydrogens is 256 g/mol. The average Bonchev–Trinajstić information content (AvgIpc) is 2.75. The highest BCUT2D eigenvalue weighted by Gasteiger charge is 2.34. The Hall–Kier alpha value is -1.26. The zero-order valence-electron chi connectivity index (χ0n) is 13.3. The molecule has 5 nitrogen and oxygen atoms in total. The minimum Gasteiger partial charge on any atom is -0.481 e. The molecule has 116 valence electrons. The Bertz CT molecular complexity index is 361. The minimum absolute atomic E-state index is 0.00947. The molecule has 0 aromatic rings. The number of hydrogen-bond acceptors (Lipinski definition) is 2. The Labute approximate surface area is 121 Å². The van der Waals surface area contributed by atoms with E-state index in [-0.39, 0.29) is 24.5 Å². The van der Waals surface area contributed by atoms with Crippen molar-refractivity contribution >= 4 is 12.0 Å². The van der Waals surface area contributed by atoms with Crippen LogP contribution in [0.25, 0.3) is 0 Å². The maximum atomic E-state index is 12.6. The molecule has 2 amide bonds. The van der Waals surface area contributed by atoms with Crippen molar-refractivity contribution in [2.75, 3.05) is 19.6 Å². The van der Waals surface area contributed by atoms with Gasteiger partial charge in [-0.15, -0.1) is 0 Å². The number of hydrogen-bond donors (Lipinski definition) is 1. The van der Waals surface area contributed by atoms with Gasteiger partial charge in [0.25, 0.3) is 0 Å². The number of carboxylic acids is 1. The fraction of sp³-hybridized carbons (Fsp3) is 0.867. The highest BCUT2D eigenvalue weighted by atomic mass is 16.4. The van der Waals surface area contributed by atoms with Crippen molar-refractivity contribution in [3.63, 3.8) is 0 Å². The molecule has 0 aromatic carbocycles. The van der Waals surface area contributed by atoms with Crippen molar-refractivity contribution in [2.45, 2.75) is 53.0 Å². The van der Waals surface area contributed by atoms with Crippen LogP contribution in [-0.2, 0) is 4.79 Å². The van der Waals surface area contributed by atoms with Gasteiger partial charge >= 0.3 is 12.0 Å². The van der Waals surface area contributed by atoms with Crippen molar-refractivity contribution in [1.82, 2.24) is 9.80 Å². The van der Waals surface area contributed by atoms with Gasteiger partial charge in [0, 0.05) is 25.2 Å². The van der Waals surface area contributed by atoms with Crippen LogP contribution in [0.2, 0.25) is 0 Å². The van der Waals surface area contributed by atoms with Gasteiger partial charge in [0.05, 0.1) is 6.42 Å². The summed E-state index contributed by atoms with van der Waals surface area (Å²) >= 11 is 0. The second kappa shape index (κ2) is 6.46. The Morgan fingerprint density at radius 1 is 1.35 bits per heavy atom. The third-order valence-electron chi connectivity index (χ3n) is 4.03. The van der Waals surface area contributed by atoms with E-state index in [0.717, 1.165) is 19.5 Å². The Morgan fingerprint density at radius 2 is 1.95 bits per heavy atom. The van der Waals surface area contributed by atoms with Crippen molar-refractivity contribution in [1.29, 1.82) is 0 Å². The first kappa shape index (κ1) is 16.8. The molecule has 0 radical (unpaired) electrons. The van der Waals surface area contributed by atoms with E-state index in [4.69, 9.17) is 5.11 Å². The monoisotopic (exact) mass is 284 g/mol. The summed E-state index contributed by atoms with van der Waals surface area (Å²) in [5.41, 5.74) is -0.359. The van der Waals surface area contributed by atoms with Gasteiger partial charge in [0.15, 0.2) is 0 Å². The predicted octanol–water partition coefficient (Wildman–Crippen LogP) is 2.66. The highest BCUT2D eigenvalue weighted by Crippen LogP contribution is 2.26. The largest absolute Gasteiger partial charge is 0.481 e. The molecule has 1 saturated heterocycles. The van der Waals surface area contributed by atoms with Crippen LogP contribution in [-0.4, -0.2) is 52.1 Å². The molecule has 1 aliphatic heterocycles. The highest BCUT2D eigenvalue weighted by molar-refractivity contribution is 5.76. The lowest BCUT2D eigenvalue weighted by atomic mass is 9.95. The van der Waals surface area contributed by atoms with Gasteiger partial charge in [0.2, 0.25) is 0 Å². The molecule has 0 saturated carbocycles. The Morgan fingerprint density at radius 3 is 2.35 bits per heavy atom. The summed E-state index contributed by atoms with van der Waals surface area (Å²) in [5, 5.41) is 8.84. The first-order valence-electron chi connectivity index (χ1n) is 7.41. The lowest BCUT2D eigenvalue weighted by Gasteiger charge is -2.38. The normalized spacial score (nSPS) is 19.5. The molecule has 1 aliphatic rings. The van der Waals surface area contributed by atoms with Gasteiger partial charge in [0.1, 0.15) is 0 Å². The van der Waals surface area contributed by atoms with E-state index >= 15 is 0 Å². The first-order valence-corrected chi connectivity index (χ1v) is 7.41. The second-order valence-corrected chi connectivity index (χ2v) is 6.99. The van der Waals surface area contributed by atoms with E-state index in [1.165, 1.54) is 0 Å². The molecule has 20 heavy (non-hydrogen) atoms. The minimum atomic E-state index is -0.867. The van der Waals surface area contributed by atoms with E-state index in [0.29, 0.717) is 11.8 Å². The summed E-state index contributed by atoms with van der Waals surface area (Å²) in [6, 6.07) is -0.0260. The molecule has 1 heterocycles. The van der Waals surface area contributed by atoms with Crippen molar-refractivity contribution in [2.24, 2.45) is 11.8 Å². The second-order valence-electron chi connectivity index (χ2n) is 6.99. The van der Waals surface area contributed by atoms with E-state index in [1.54, 1.807) is 4.90 Å². The molecule has 1 fully saturated rings. The van der Waals surface area contributed by atoms with Crippen molar-refractivity contribution in [3.8, 4) is 0 Å². The van der Waals surface area contributed by atoms with Crippen molar-refractivity contribution < 1.29 is 14.7 Å². The number of carboxylic acid groups (broad SMARTS) is 1. The molecular formula is C15H28N2O3. The molecule has 5 heteroatoms. The third kappa shape index (κ3) is 4.39. The summed E-state index contributed by atoms with van der Waals surface area (Å²) in [6.45, 7) is 12.0. The van der Waals surface area contributed by atoms with Gasteiger partial charge in [-0.05, 0) is 39.0 Å². The average molecular weight is 284 g/mol. The molecule has 0 aromatic heterocycles. The third-order valence-corrected chi connectivity index (χ3v) is 4.03. The van der Waals surface area contributed by atoms with Gasteiger partial charge in [-0.1, -0.05) is 13.8 Å². The van der Waals surface area contributed by atoms with Gasteiger partial charge in [-0.3, -0.25) is 4.79 Å². The molecule has 1 N–H and O–H groups in total. The maximum absolute atomic E-state index is 12.6. The lowest BCUT2D eigenvalue weighted by molar-refractivity contribution is -0.137. The molecule has 1 atom stereocenters. The van der Waals surface area contributed by atoms with Crippen LogP contribution >= 0.6 is 0 Å². The fourth-order valence-corrected chi connectivity index (χ4v) is 2.60. The summed E-state index contributed by atoms with van der Waals surface area (Å²) in [7, 11) is 0. The summed E-state index contributed by atoms with van der Waals surface area (Å²) in [5.74, 6) is 0.267. The van der Waals surface area contributed by atoms with E-state index in [9.17, 15) is 9.59 Å². The molecule has 0 aliphatic carbocycles. The number of amides is 2. The number of carbonyl (C=O) groups is 2. The lowest BCUT2D eigenvalue weighted by Crippen LogP contribution is -2.52. The zero-order chi connectivity index (χ0) is 15.5. The van der Waals surface area contributed by atoms with E-state index < -0.39 is 5.97 Å². The van der Waals surface area contributed by atoms with Crippen LogP contribution in [0.4, 0.5) is 4.79 Å². The molecule has 0 bridgehead atoms. The first-order chi connectivity index (χ1) is 9.12. The van der Waals surface area contributed by atoms with Crippen LogP contribution < -0.4 is 0 Å². The van der Waals surface area contributed by atoms with E-state index in [2.05, 4.69) is 13.8 Å². The smallest absolute Gasteiger partial charge is 0.320 e. The van der Waals surface area contributed by atoms with Crippen LogP contribution in [0.3, 0.4) is 0 Å². The van der Waals surface area contributed by atoms with Crippen LogP contribution in [0.1, 0.15) is 47.5 Å². The number of carbonyl (C=O) groups excluding carboxylic acids is 1. The SMILES string of the molecule is CC(C)C1CCN(C(=O)N(CCC(=O)O)C(C)(C)C)C1. The number of nitrogens with zero attached hydrogens (tertiary/aromatic N) is 2. The quantitative estimate of drug-likeness (QED) is 0.863. The van der Waals surface area contributed by atoms with Crippen molar-refractivity contribution in [3.05, 3.63) is 0 Å². The number of urea groups is 1. The number of likely N-dealkylation sites (tertiary alicyclic amines) is 1. The molecule has 0 spiro atoms. The van der Waals surface area contributed by atoms with Crippen LogP contribution in [0.5, 0.6) is 0 Å². The van der Waals surface area contributed by atoms with Gasteiger partial charge in [-0.25, -0.2) is 4.79 Å². The fourth-order valence-electron chi connectivity index (χ4n) is 2.60. The Balaban J connectivity index is 2.71. The van der Waals surface area contributed by atoms with Crippen LogP contribution in [0.15, 0.2) is 0 Å². The number of rotatable bonds is 4. The van der Waals surface area contributed by atoms with E-state index in [1.807, 2.05) is 25.7 Å². The Kier molecular flexibility index (Phi) is 5.42. The molecule has 1 rings (SSSR count). The van der Waals surface area contributed by atoms with Gasteiger partial charge in [-0.2, -0.15) is 0 Å². The summed E-state index contributed by atoms with van der Waals surface area (Å²) in [4.78, 5) is 27.0. The van der Waals surface area contributed by atoms with Crippen LogP contribution in [0, 0.1) is 11.8 Å². The summed E-state index contributed by atoms with van der Waals surface area (Å²) < 4.78 is 0. The number of aliphatic carboxylic acids is 1. The predicted molar refractivity (Wildman–Crippen MR) is 78.6 cm³/mol.